The predicted octanol–water partition coefficient (Wildman–Crippen LogP) is 2.50. The van der Waals surface area contributed by atoms with Crippen LogP contribution < -0.4 is 4.90 Å². The molecule has 0 N–H and O–H groups in total. The van der Waals surface area contributed by atoms with Crippen LogP contribution in [0.15, 0.2) is 24.3 Å². The minimum Gasteiger partial charge on any atom is -0.375 e. The average Bonchev–Trinajstić information content (AvgIpc) is 2.38. The Hall–Kier alpha value is -1.35. The monoisotopic (exact) mass is 233 g/mol. The van der Waals surface area contributed by atoms with E-state index >= 15 is 0 Å². The van der Waals surface area contributed by atoms with Gasteiger partial charge in [-0.1, -0.05) is 19.1 Å². The Morgan fingerprint density at radius 3 is 2.94 bits per heavy atom. The Balaban J connectivity index is 2.31. The molecule has 92 valence electrons. The van der Waals surface area contributed by atoms with Gasteiger partial charge < -0.3 is 9.64 Å². The van der Waals surface area contributed by atoms with Crippen molar-refractivity contribution in [3.63, 3.8) is 0 Å². The summed E-state index contributed by atoms with van der Waals surface area (Å²) in [6, 6.07) is 8.14. The first-order valence-corrected chi connectivity index (χ1v) is 6.18. The fourth-order valence-corrected chi connectivity index (χ4v) is 2.33. The second kappa shape index (κ2) is 5.32. The van der Waals surface area contributed by atoms with Gasteiger partial charge in [-0.05, 0) is 25.5 Å². The Morgan fingerprint density at radius 1 is 1.47 bits per heavy atom. The third-order valence-corrected chi connectivity index (χ3v) is 3.31. The van der Waals surface area contributed by atoms with Crippen molar-refractivity contribution in [1.82, 2.24) is 0 Å². The van der Waals surface area contributed by atoms with Crippen molar-refractivity contribution < 1.29 is 9.53 Å². The molecular formula is C14H19NO2. The van der Waals surface area contributed by atoms with Crippen LogP contribution in [0.5, 0.6) is 0 Å². The van der Waals surface area contributed by atoms with E-state index in [-0.39, 0.29) is 6.10 Å². The second-order valence-corrected chi connectivity index (χ2v) is 4.54. The predicted molar refractivity (Wildman–Crippen MR) is 68.7 cm³/mol. The summed E-state index contributed by atoms with van der Waals surface area (Å²) in [5, 5.41) is 0. The average molecular weight is 233 g/mol. The standard InChI is InChI=1S/C14H19NO2/c1-3-13-10-17-11(2)8-15(13)14-7-5-4-6-12(14)9-16/h4-7,9,11,13H,3,8,10H2,1-2H3. The van der Waals surface area contributed by atoms with Gasteiger partial charge in [-0.25, -0.2) is 0 Å². The molecule has 2 atom stereocenters. The van der Waals surface area contributed by atoms with Crippen molar-refractivity contribution in [2.75, 3.05) is 18.1 Å². The number of benzene rings is 1. The number of morpholine rings is 1. The van der Waals surface area contributed by atoms with E-state index in [9.17, 15) is 4.79 Å². The van der Waals surface area contributed by atoms with E-state index in [1.165, 1.54) is 0 Å². The first-order chi connectivity index (χ1) is 8.26. The Labute approximate surface area is 102 Å². The van der Waals surface area contributed by atoms with Crippen LogP contribution in [0.1, 0.15) is 30.6 Å². The molecule has 1 fully saturated rings. The van der Waals surface area contributed by atoms with Gasteiger partial charge in [-0.2, -0.15) is 0 Å². The zero-order valence-corrected chi connectivity index (χ0v) is 10.4. The SMILES string of the molecule is CCC1COC(C)CN1c1ccccc1C=O. The molecule has 0 aromatic heterocycles. The molecule has 0 radical (unpaired) electrons. The highest BCUT2D eigenvalue weighted by Gasteiger charge is 2.26. The van der Waals surface area contributed by atoms with E-state index in [0.717, 1.165) is 37.1 Å². The van der Waals surface area contributed by atoms with Crippen LogP contribution in [0.2, 0.25) is 0 Å². The van der Waals surface area contributed by atoms with Gasteiger partial charge in [0.1, 0.15) is 0 Å². The number of rotatable bonds is 3. The third-order valence-electron chi connectivity index (χ3n) is 3.31. The summed E-state index contributed by atoms with van der Waals surface area (Å²) >= 11 is 0. The van der Waals surface area contributed by atoms with Crippen LogP contribution in [0.4, 0.5) is 5.69 Å². The van der Waals surface area contributed by atoms with Crippen molar-refractivity contribution in [2.24, 2.45) is 0 Å². The maximum absolute atomic E-state index is 11.1. The molecular weight excluding hydrogens is 214 g/mol. The van der Waals surface area contributed by atoms with E-state index in [1.54, 1.807) is 0 Å². The van der Waals surface area contributed by atoms with Gasteiger partial charge in [0.2, 0.25) is 0 Å². The minimum absolute atomic E-state index is 0.220. The van der Waals surface area contributed by atoms with Gasteiger partial charge in [0.05, 0.1) is 18.8 Å². The van der Waals surface area contributed by atoms with Crippen LogP contribution in [0.3, 0.4) is 0 Å². The molecule has 1 aromatic rings. The molecule has 0 bridgehead atoms. The molecule has 0 aliphatic carbocycles. The van der Waals surface area contributed by atoms with Gasteiger partial charge in [-0.15, -0.1) is 0 Å². The zero-order valence-electron chi connectivity index (χ0n) is 10.4. The summed E-state index contributed by atoms with van der Waals surface area (Å²) in [4.78, 5) is 13.4. The summed E-state index contributed by atoms with van der Waals surface area (Å²) in [5.41, 5.74) is 1.80. The first kappa shape index (κ1) is 12.1. The van der Waals surface area contributed by atoms with Gasteiger partial charge in [-0.3, -0.25) is 4.79 Å². The third kappa shape index (κ3) is 2.50. The van der Waals surface area contributed by atoms with Crippen LogP contribution in [0.25, 0.3) is 0 Å². The highest BCUT2D eigenvalue weighted by atomic mass is 16.5. The molecule has 1 aliphatic rings. The summed E-state index contributed by atoms with van der Waals surface area (Å²) in [6.07, 6.45) is 2.18. The molecule has 2 unspecified atom stereocenters. The van der Waals surface area contributed by atoms with Crippen LogP contribution >= 0.6 is 0 Å². The number of hydrogen-bond donors (Lipinski definition) is 0. The van der Waals surface area contributed by atoms with Crippen molar-refractivity contribution in [3.05, 3.63) is 29.8 Å². The van der Waals surface area contributed by atoms with Crippen molar-refractivity contribution in [1.29, 1.82) is 0 Å². The fourth-order valence-electron chi connectivity index (χ4n) is 2.33. The molecule has 0 spiro atoms. The van der Waals surface area contributed by atoms with E-state index in [0.29, 0.717) is 6.04 Å². The number of hydrogen-bond acceptors (Lipinski definition) is 3. The molecule has 3 nitrogen and oxygen atoms in total. The van der Waals surface area contributed by atoms with Crippen molar-refractivity contribution in [2.45, 2.75) is 32.4 Å². The number of carbonyl (C=O) groups is 1. The van der Waals surface area contributed by atoms with Gasteiger partial charge in [0.25, 0.3) is 0 Å². The van der Waals surface area contributed by atoms with Crippen molar-refractivity contribution >= 4 is 12.0 Å². The lowest BCUT2D eigenvalue weighted by Crippen LogP contribution is -2.49. The summed E-state index contributed by atoms with van der Waals surface area (Å²) < 4.78 is 5.68. The van der Waals surface area contributed by atoms with Gasteiger partial charge in [0, 0.05) is 17.8 Å². The number of ether oxygens (including phenoxy) is 1. The number of nitrogens with zero attached hydrogens (tertiary/aromatic N) is 1. The minimum atomic E-state index is 0.220. The maximum Gasteiger partial charge on any atom is 0.152 e. The molecule has 1 heterocycles. The van der Waals surface area contributed by atoms with Gasteiger partial charge >= 0.3 is 0 Å². The second-order valence-electron chi connectivity index (χ2n) is 4.54. The fraction of sp³-hybridized carbons (Fsp3) is 0.500. The lowest BCUT2D eigenvalue weighted by atomic mass is 10.1. The number of carbonyl (C=O) groups excluding carboxylic acids is 1. The molecule has 1 aromatic carbocycles. The number of para-hydroxylation sites is 1. The molecule has 17 heavy (non-hydrogen) atoms. The quantitative estimate of drug-likeness (QED) is 0.751. The van der Waals surface area contributed by atoms with Crippen LogP contribution in [0, 0.1) is 0 Å². The molecule has 0 saturated carbocycles. The normalized spacial score (nSPS) is 24.7. The Morgan fingerprint density at radius 2 is 2.24 bits per heavy atom. The number of anilines is 1. The van der Waals surface area contributed by atoms with Crippen LogP contribution in [-0.2, 0) is 4.74 Å². The van der Waals surface area contributed by atoms with Crippen LogP contribution in [-0.4, -0.2) is 31.6 Å². The van der Waals surface area contributed by atoms with Gasteiger partial charge in [0.15, 0.2) is 6.29 Å². The Kier molecular flexibility index (Phi) is 3.79. The highest BCUT2D eigenvalue weighted by molar-refractivity contribution is 5.84. The first-order valence-electron chi connectivity index (χ1n) is 6.18. The molecule has 3 heteroatoms. The largest absolute Gasteiger partial charge is 0.375 e. The number of aldehydes is 1. The molecule has 1 aliphatic heterocycles. The molecule has 1 saturated heterocycles. The summed E-state index contributed by atoms with van der Waals surface area (Å²) in [6.45, 7) is 5.82. The topological polar surface area (TPSA) is 29.5 Å². The van der Waals surface area contributed by atoms with E-state index in [2.05, 4.69) is 18.7 Å². The van der Waals surface area contributed by atoms with E-state index < -0.39 is 0 Å². The van der Waals surface area contributed by atoms with Crippen molar-refractivity contribution in [3.8, 4) is 0 Å². The summed E-state index contributed by atoms with van der Waals surface area (Å²) in [5.74, 6) is 0. The summed E-state index contributed by atoms with van der Waals surface area (Å²) in [7, 11) is 0. The maximum atomic E-state index is 11.1. The molecule has 0 amide bonds. The lowest BCUT2D eigenvalue weighted by molar-refractivity contribution is 0.0299. The lowest BCUT2D eigenvalue weighted by Gasteiger charge is -2.40. The highest BCUT2D eigenvalue weighted by Crippen LogP contribution is 2.25. The smallest absolute Gasteiger partial charge is 0.152 e. The van der Waals surface area contributed by atoms with E-state index in [1.807, 2.05) is 24.3 Å². The molecule has 2 rings (SSSR count). The van der Waals surface area contributed by atoms with E-state index in [4.69, 9.17) is 4.74 Å². The Bertz CT molecular complexity index is 392. The zero-order chi connectivity index (χ0) is 12.3.